The van der Waals surface area contributed by atoms with Crippen LogP contribution in [0.2, 0.25) is 0 Å². The SMILES string of the molecule is CCC1=C2C(=O)c3c(NC(N)=O)cccc3C2N=N1. The molecule has 1 atom stereocenters. The van der Waals surface area contributed by atoms with Gasteiger partial charge in [0.1, 0.15) is 6.04 Å². The van der Waals surface area contributed by atoms with Crippen molar-refractivity contribution in [3.05, 3.63) is 40.6 Å². The maximum atomic E-state index is 12.5. The van der Waals surface area contributed by atoms with Crippen LogP contribution in [0.1, 0.15) is 35.3 Å². The Morgan fingerprint density at radius 2 is 2.26 bits per heavy atom. The van der Waals surface area contributed by atoms with Gasteiger partial charge in [-0.05, 0) is 18.1 Å². The van der Waals surface area contributed by atoms with Crippen molar-refractivity contribution in [3.8, 4) is 0 Å². The molecule has 1 aromatic carbocycles. The standard InChI is InChI=1S/C13H12N4O2/c1-2-7-10-11(17-16-7)6-4-3-5-8(15-13(14)19)9(6)12(10)18/h3-5,11H,2H2,1H3,(H3,14,15,19). The van der Waals surface area contributed by atoms with Crippen LogP contribution in [0.3, 0.4) is 0 Å². The van der Waals surface area contributed by atoms with Gasteiger partial charge in [-0.1, -0.05) is 19.1 Å². The molecule has 1 aliphatic carbocycles. The minimum atomic E-state index is -0.690. The minimum absolute atomic E-state index is 0.119. The molecule has 2 amide bonds. The van der Waals surface area contributed by atoms with E-state index >= 15 is 0 Å². The highest BCUT2D eigenvalue weighted by atomic mass is 16.2. The Balaban J connectivity index is 2.17. The number of rotatable bonds is 2. The van der Waals surface area contributed by atoms with Crippen molar-refractivity contribution >= 4 is 17.5 Å². The van der Waals surface area contributed by atoms with E-state index in [0.29, 0.717) is 23.2 Å². The van der Waals surface area contributed by atoms with Gasteiger partial charge in [-0.25, -0.2) is 4.79 Å². The number of amides is 2. The van der Waals surface area contributed by atoms with E-state index < -0.39 is 6.03 Å². The average molecular weight is 256 g/mol. The number of benzene rings is 1. The first-order valence-corrected chi connectivity index (χ1v) is 6.01. The van der Waals surface area contributed by atoms with Crippen LogP contribution in [0.15, 0.2) is 39.7 Å². The Labute approximate surface area is 109 Å². The van der Waals surface area contributed by atoms with E-state index in [0.717, 1.165) is 11.3 Å². The van der Waals surface area contributed by atoms with E-state index in [1.54, 1.807) is 12.1 Å². The number of hydrogen-bond acceptors (Lipinski definition) is 4. The second kappa shape index (κ2) is 4.01. The molecule has 0 saturated heterocycles. The Kier molecular flexibility index (Phi) is 2.45. The van der Waals surface area contributed by atoms with Crippen LogP contribution in [-0.2, 0) is 0 Å². The van der Waals surface area contributed by atoms with E-state index in [1.165, 1.54) is 0 Å². The molecule has 1 unspecified atom stereocenters. The third-order valence-corrected chi connectivity index (χ3v) is 3.33. The average Bonchev–Trinajstić information content (AvgIpc) is 2.90. The fourth-order valence-electron chi connectivity index (χ4n) is 2.55. The van der Waals surface area contributed by atoms with Crippen molar-refractivity contribution in [3.63, 3.8) is 0 Å². The smallest absolute Gasteiger partial charge is 0.316 e. The molecule has 6 heteroatoms. The van der Waals surface area contributed by atoms with E-state index in [2.05, 4.69) is 15.5 Å². The molecule has 0 radical (unpaired) electrons. The number of nitrogens with two attached hydrogens (primary N) is 1. The molecule has 3 N–H and O–H groups in total. The van der Waals surface area contributed by atoms with E-state index in [1.807, 2.05) is 13.0 Å². The van der Waals surface area contributed by atoms with Crippen molar-refractivity contribution in [2.75, 3.05) is 5.32 Å². The van der Waals surface area contributed by atoms with Gasteiger partial charge in [0.05, 0.1) is 22.5 Å². The number of Topliss-reactive ketones (excluding diaryl/α,β-unsaturated/α-hetero) is 1. The fourth-order valence-corrected chi connectivity index (χ4v) is 2.55. The molecule has 3 rings (SSSR count). The van der Waals surface area contributed by atoms with Gasteiger partial charge in [-0.3, -0.25) is 4.79 Å². The number of allylic oxidation sites excluding steroid dienone is 1. The summed E-state index contributed by atoms with van der Waals surface area (Å²) in [5.74, 6) is -0.119. The Hall–Kier alpha value is -2.50. The molecule has 1 aliphatic heterocycles. The third-order valence-electron chi connectivity index (χ3n) is 3.33. The van der Waals surface area contributed by atoms with Crippen LogP contribution in [0.5, 0.6) is 0 Å². The normalized spacial score (nSPS) is 19.6. The Morgan fingerprint density at radius 1 is 1.47 bits per heavy atom. The number of urea groups is 1. The third kappa shape index (κ3) is 1.56. The highest BCUT2D eigenvalue weighted by molar-refractivity contribution is 6.19. The summed E-state index contributed by atoms with van der Waals surface area (Å²) in [6.45, 7) is 1.93. The Morgan fingerprint density at radius 3 is 2.95 bits per heavy atom. The van der Waals surface area contributed by atoms with Crippen molar-refractivity contribution in [2.45, 2.75) is 19.4 Å². The largest absolute Gasteiger partial charge is 0.351 e. The Bertz CT molecular complexity index is 661. The van der Waals surface area contributed by atoms with Crippen molar-refractivity contribution in [2.24, 2.45) is 16.0 Å². The van der Waals surface area contributed by atoms with Gasteiger partial charge in [0.25, 0.3) is 0 Å². The molecular formula is C13H12N4O2. The summed E-state index contributed by atoms with van der Waals surface area (Å²) in [6, 6.07) is 4.23. The number of carbonyl (C=O) groups excluding carboxylic acids is 2. The molecule has 0 spiro atoms. The molecule has 0 fully saturated rings. The number of carbonyl (C=O) groups is 2. The number of hydrogen-bond donors (Lipinski definition) is 2. The van der Waals surface area contributed by atoms with Crippen LogP contribution in [0.4, 0.5) is 10.5 Å². The zero-order chi connectivity index (χ0) is 13.6. The summed E-state index contributed by atoms with van der Waals surface area (Å²) >= 11 is 0. The molecule has 96 valence electrons. The lowest BCUT2D eigenvalue weighted by atomic mass is 10.1. The van der Waals surface area contributed by atoms with Gasteiger partial charge in [0.2, 0.25) is 0 Å². The topological polar surface area (TPSA) is 96.9 Å². The number of ketones is 1. The molecule has 1 heterocycles. The van der Waals surface area contributed by atoms with Gasteiger partial charge in [-0.2, -0.15) is 10.2 Å². The predicted octanol–water partition coefficient (Wildman–Crippen LogP) is 2.54. The zero-order valence-corrected chi connectivity index (χ0v) is 10.3. The monoisotopic (exact) mass is 256 g/mol. The lowest BCUT2D eigenvalue weighted by Gasteiger charge is -2.07. The summed E-state index contributed by atoms with van der Waals surface area (Å²) in [6.07, 6.45) is 0.660. The molecule has 0 aromatic heterocycles. The summed E-state index contributed by atoms with van der Waals surface area (Å²) in [5, 5.41) is 10.7. The summed E-state index contributed by atoms with van der Waals surface area (Å²) in [5.41, 5.74) is 8.15. The minimum Gasteiger partial charge on any atom is -0.351 e. The predicted molar refractivity (Wildman–Crippen MR) is 68.9 cm³/mol. The van der Waals surface area contributed by atoms with Crippen LogP contribution in [0.25, 0.3) is 0 Å². The summed E-state index contributed by atoms with van der Waals surface area (Å²) in [4.78, 5) is 23.5. The number of anilines is 1. The lowest BCUT2D eigenvalue weighted by Crippen LogP contribution is -2.20. The van der Waals surface area contributed by atoms with Crippen LogP contribution in [-0.4, -0.2) is 11.8 Å². The van der Waals surface area contributed by atoms with Gasteiger partial charge >= 0.3 is 6.03 Å². The maximum Gasteiger partial charge on any atom is 0.316 e. The van der Waals surface area contributed by atoms with Crippen LogP contribution >= 0.6 is 0 Å². The number of nitrogens with one attached hydrogen (secondary N) is 1. The van der Waals surface area contributed by atoms with E-state index in [4.69, 9.17) is 5.73 Å². The van der Waals surface area contributed by atoms with Gasteiger partial charge in [-0.15, -0.1) is 0 Å². The highest BCUT2D eigenvalue weighted by Crippen LogP contribution is 2.47. The number of fused-ring (bicyclic) bond motifs is 3. The van der Waals surface area contributed by atoms with Crippen molar-refractivity contribution in [1.82, 2.24) is 0 Å². The first kappa shape index (κ1) is 11.6. The summed E-state index contributed by atoms with van der Waals surface area (Å²) in [7, 11) is 0. The molecule has 19 heavy (non-hydrogen) atoms. The fraction of sp³-hybridized carbons (Fsp3) is 0.231. The van der Waals surface area contributed by atoms with Gasteiger partial charge in [0, 0.05) is 0 Å². The maximum absolute atomic E-state index is 12.5. The second-order valence-corrected chi connectivity index (χ2v) is 4.42. The molecule has 1 aromatic rings. The first-order valence-electron chi connectivity index (χ1n) is 6.01. The molecule has 0 bridgehead atoms. The van der Waals surface area contributed by atoms with Crippen molar-refractivity contribution < 1.29 is 9.59 Å². The molecule has 0 saturated carbocycles. The molecular weight excluding hydrogens is 244 g/mol. The van der Waals surface area contributed by atoms with Crippen LogP contribution in [0, 0.1) is 0 Å². The summed E-state index contributed by atoms with van der Waals surface area (Å²) < 4.78 is 0. The lowest BCUT2D eigenvalue weighted by molar-refractivity contribution is 0.103. The van der Waals surface area contributed by atoms with E-state index in [9.17, 15) is 9.59 Å². The van der Waals surface area contributed by atoms with Gasteiger partial charge < -0.3 is 11.1 Å². The second-order valence-electron chi connectivity index (χ2n) is 4.42. The first-order chi connectivity index (χ1) is 9.13. The molecule has 6 nitrogen and oxygen atoms in total. The quantitative estimate of drug-likeness (QED) is 0.850. The highest BCUT2D eigenvalue weighted by Gasteiger charge is 2.41. The van der Waals surface area contributed by atoms with E-state index in [-0.39, 0.29) is 11.8 Å². The molecule has 2 aliphatic rings. The van der Waals surface area contributed by atoms with Gasteiger partial charge in [0.15, 0.2) is 5.78 Å². The number of primary amides is 1. The number of nitrogens with zero attached hydrogens (tertiary/aromatic N) is 2. The zero-order valence-electron chi connectivity index (χ0n) is 10.3. The number of azo groups is 1. The van der Waals surface area contributed by atoms with Crippen LogP contribution < -0.4 is 11.1 Å². The van der Waals surface area contributed by atoms with Crippen molar-refractivity contribution in [1.29, 1.82) is 0 Å².